The van der Waals surface area contributed by atoms with Crippen molar-refractivity contribution in [1.82, 2.24) is 10.6 Å². The zero-order valence-electron chi connectivity index (χ0n) is 19.5. The number of fused-ring (bicyclic) bond motifs is 3. The Hall–Kier alpha value is -4.05. The summed E-state index contributed by atoms with van der Waals surface area (Å²) in [5.74, 6) is 3.61. The molecule has 0 radical (unpaired) electrons. The second-order valence-electron chi connectivity index (χ2n) is 8.70. The summed E-state index contributed by atoms with van der Waals surface area (Å²) in [6.45, 7) is 1.79. The largest absolute Gasteiger partial charge is 0.481 e. The summed E-state index contributed by atoms with van der Waals surface area (Å²) in [6.07, 6.45) is 3.69. The fraction of sp³-hybridized carbons (Fsp3) is 0.321. The maximum Gasteiger partial charge on any atom is 0.407 e. The lowest BCUT2D eigenvalue weighted by molar-refractivity contribution is -0.142. The number of carboxylic acid groups (broad SMARTS) is 1. The summed E-state index contributed by atoms with van der Waals surface area (Å²) in [5.41, 5.74) is 4.47. The van der Waals surface area contributed by atoms with E-state index < -0.39 is 36.0 Å². The highest BCUT2D eigenvalue weighted by Crippen LogP contribution is 2.44. The molecule has 3 N–H and O–H groups in total. The number of carbonyl (C=O) groups is 3. The number of hydrogen-bond acceptors (Lipinski definition) is 4. The fourth-order valence-electron chi connectivity index (χ4n) is 4.68. The van der Waals surface area contributed by atoms with Crippen molar-refractivity contribution in [1.29, 1.82) is 0 Å². The first-order valence-electron chi connectivity index (χ1n) is 11.7. The molecule has 3 atom stereocenters. The smallest absolute Gasteiger partial charge is 0.407 e. The minimum atomic E-state index is -0.920. The van der Waals surface area contributed by atoms with Crippen molar-refractivity contribution in [3.05, 3.63) is 71.8 Å². The zero-order chi connectivity index (χ0) is 24.8. The third-order valence-corrected chi connectivity index (χ3v) is 6.44. The molecule has 7 nitrogen and oxygen atoms in total. The van der Waals surface area contributed by atoms with E-state index in [-0.39, 0.29) is 18.9 Å². The van der Waals surface area contributed by atoms with Crippen LogP contribution in [-0.2, 0) is 14.3 Å². The normalized spacial score (nSPS) is 18.9. The molecule has 2 amide bonds. The number of rotatable bonds is 7. The van der Waals surface area contributed by atoms with Crippen LogP contribution in [0.2, 0.25) is 0 Å². The number of benzene rings is 2. The first-order valence-corrected chi connectivity index (χ1v) is 11.7. The minimum Gasteiger partial charge on any atom is -0.481 e. The van der Waals surface area contributed by atoms with Gasteiger partial charge in [-0.1, -0.05) is 60.7 Å². The minimum absolute atomic E-state index is 0.0869. The van der Waals surface area contributed by atoms with E-state index in [0.29, 0.717) is 12.8 Å². The molecular weight excluding hydrogens is 444 g/mol. The van der Waals surface area contributed by atoms with Crippen molar-refractivity contribution in [2.75, 3.05) is 6.61 Å². The highest BCUT2D eigenvalue weighted by Gasteiger charge is 2.30. The van der Waals surface area contributed by atoms with Gasteiger partial charge < -0.3 is 20.5 Å². The first-order chi connectivity index (χ1) is 17.0. The van der Waals surface area contributed by atoms with Gasteiger partial charge in [0.25, 0.3) is 0 Å². The number of alkyl carbamates (subject to hydrolysis) is 1. The molecule has 0 fully saturated rings. The van der Waals surface area contributed by atoms with Gasteiger partial charge in [0.15, 0.2) is 0 Å². The van der Waals surface area contributed by atoms with Crippen LogP contribution in [0, 0.1) is 17.8 Å². The van der Waals surface area contributed by atoms with Crippen LogP contribution in [0.1, 0.15) is 43.2 Å². The van der Waals surface area contributed by atoms with Crippen LogP contribution < -0.4 is 10.6 Å². The number of carboxylic acids is 1. The van der Waals surface area contributed by atoms with Crippen LogP contribution in [0.15, 0.2) is 60.7 Å². The maximum atomic E-state index is 12.9. The Bertz CT molecular complexity index is 1160. The molecule has 2 aliphatic carbocycles. The van der Waals surface area contributed by atoms with Gasteiger partial charge in [0.05, 0.1) is 5.92 Å². The summed E-state index contributed by atoms with van der Waals surface area (Å²) < 4.78 is 5.57. The molecule has 35 heavy (non-hydrogen) atoms. The molecule has 2 aromatic carbocycles. The van der Waals surface area contributed by atoms with Crippen LogP contribution in [-0.4, -0.2) is 41.8 Å². The third-order valence-electron chi connectivity index (χ3n) is 6.44. The predicted octanol–water partition coefficient (Wildman–Crippen LogP) is 3.84. The summed E-state index contributed by atoms with van der Waals surface area (Å²) >= 11 is 0. The maximum absolute atomic E-state index is 12.9. The number of hydrogen-bond donors (Lipinski definition) is 3. The Labute approximate surface area is 204 Å². The van der Waals surface area contributed by atoms with Crippen LogP contribution in [0.25, 0.3) is 11.1 Å². The lowest BCUT2D eigenvalue weighted by Crippen LogP contribution is -2.50. The van der Waals surface area contributed by atoms with Gasteiger partial charge in [-0.3, -0.25) is 9.59 Å². The van der Waals surface area contributed by atoms with E-state index >= 15 is 0 Å². The predicted molar refractivity (Wildman–Crippen MR) is 131 cm³/mol. The molecule has 0 heterocycles. The number of aliphatic carboxylic acids is 1. The Morgan fingerprint density at radius 1 is 1.09 bits per heavy atom. The molecule has 0 saturated carbocycles. The van der Waals surface area contributed by atoms with Gasteiger partial charge in [0, 0.05) is 18.4 Å². The molecule has 0 spiro atoms. The lowest BCUT2D eigenvalue weighted by Gasteiger charge is -2.25. The summed E-state index contributed by atoms with van der Waals surface area (Å²) in [6, 6.07) is 14.8. The number of nitrogens with one attached hydrogen (secondary N) is 2. The monoisotopic (exact) mass is 472 g/mol. The van der Waals surface area contributed by atoms with E-state index in [2.05, 4.69) is 34.6 Å². The average Bonchev–Trinajstić information content (AvgIpc) is 3.19. The molecule has 7 heteroatoms. The van der Waals surface area contributed by atoms with Gasteiger partial charge in [-0.05, 0) is 42.0 Å². The number of allylic oxidation sites excluding steroid dienone is 1. The summed E-state index contributed by atoms with van der Waals surface area (Å²) in [4.78, 5) is 36.9. The summed E-state index contributed by atoms with van der Waals surface area (Å²) in [5, 5.41) is 14.7. The molecule has 0 saturated heterocycles. The van der Waals surface area contributed by atoms with E-state index in [1.54, 1.807) is 19.1 Å². The van der Waals surface area contributed by atoms with Gasteiger partial charge in [0.2, 0.25) is 5.91 Å². The molecule has 0 aromatic heterocycles. The number of carbonyl (C=O) groups excluding carboxylic acids is 2. The Morgan fingerprint density at radius 2 is 1.74 bits per heavy atom. The SMILES string of the molecule is CC#CCC(NC(=O)OCC1c2ccccc2-c2ccccc21)C(=O)N[C@@H]1C=CC[C@@H](C(=O)O)C1. The lowest BCUT2D eigenvalue weighted by atomic mass is 9.91. The van der Waals surface area contributed by atoms with E-state index in [4.69, 9.17) is 4.74 Å². The first kappa shape index (κ1) is 24.1. The van der Waals surface area contributed by atoms with Crippen molar-refractivity contribution in [3.63, 3.8) is 0 Å². The van der Waals surface area contributed by atoms with Crippen molar-refractivity contribution >= 4 is 18.0 Å². The van der Waals surface area contributed by atoms with Gasteiger partial charge >= 0.3 is 12.1 Å². The van der Waals surface area contributed by atoms with Crippen molar-refractivity contribution < 1.29 is 24.2 Å². The van der Waals surface area contributed by atoms with E-state index in [9.17, 15) is 19.5 Å². The van der Waals surface area contributed by atoms with Crippen LogP contribution in [0.3, 0.4) is 0 Å². The molecule has 0 bridgehead atoms. The van der Waals surface area contributed by atoms with Crippen LogP contribution in [0.5, 0.6) is 0 Å². The molecule has 0 aliphatic heterocycles. The van der Waals surface area contributed by atoms with Gasteiger partial charge in [0.1, 0.15) is 12.6 Å². The molecule has 4 rings (SSSR count). The van der Waals surface area contributed by atoms with Gasteiger partial charge in [-0.25, -0.2) is 4.79 Å². The molecule has 1 unspecified atom stereocenters. The Kier molecular flexibility index (Phi) is 7.51. The molecule has 2 aromatic rings. The standard InChI is InChI=1S/C28H28N2O5/c1-2-3-15-25(26(31)29-19-10-8-9-18(16-19)27(32)33)30-28(34)35-17-24-22-13-6-4-11-20(22)21-12-5-7-14-23(21)24/h4-8,10-14,18-19,24-25H,9,15-17H2,1H3,(H,29,31)(H,30,34)(H,32,33)/t18-,19-,25?/m1/s1. The quantitative estimate of drug-likeness (QED) is 0.420. The Morgan fingerprint density at radius 3 is 2.37 bits per heavy atom. The second kappa shape index (κ2) is 10.9. The zero-order valence-corrected chi connectivity index (χ0v) is 19.5. The van der Waals surface area contributed by atoms with Crippen molar-refractivity contribution in [2.45, 2.75) is 44.2 Å². The molecule has 180 valence electrons. The van der Waals surface area contributed by atoms with E-state index in [0.717, 1.165) is 22.3 Å². The van der Waals surface area contributed by atoms with E-state index in [1.807, 2.05) is 36.4 Å². The highest BCUT2D eigenvalue weighted by atomic mass is 16.5. The third kappa shape index (κ3) is 5.55. The van der Waals surface area contributed by atoms with Crippen molar-refractivity contribution in [2.24, 2.45) is 5.92 Å². The number of ether oxygens (including phenoxy) is 1. The topological polar surface area (TPSA) is 105 Å². The fourth-order valence-corrected chi connectivity index (χ4v) is 4.68. The summed E-state index contributed by atoms with van der Waals surface area (Å²) in [7, 11) is 0. The van der Waals surface area contributed by atoms with Crippen LogP contribution in [0.4, 0.5) is 4.79 Å². The second-order valence-corrected chi connectivity index (χ2v) is 8.70. The van der Waals surface area contributed by atoms with Crippen molar-refractivity contribution in [3.8, 4) is 23.0 Å². The number of amides is 2. The van der Waals surface area contributed by atoms with E-state index in [1.165, 1.54) is 0 Å². The van der Waals surface area contributed by atoms with Crippen LogP contribution >= 0.6 is 0 Å². The molecular formula is C28H28N2O5. The van der Waals surface area contributed by atoms with Gasteiger partial charge in [-0.2, -0.15) is 0 Å². The highest BCUT2D eigenvalue weighted by molar-refractivity contribution is 5.86. The average molecular weight is 473 g/mol. The molecule has 2 aliphatic rings. The van der Waals surface area contributed by atoms with Gasteiger partial charge in [-0.15, -0.1) is 11.8 Å². The Balaban J connectivity index is 1.39.